The van der Waals surface area contributed by atoms with Crippen molar-refractivity contribution in [2.75, 3.05) is 7.11 Å². The Morgan fingerprint density at radius 1 is 1.15 bits per heavy atom. The zero-order valence-electron chi connectivity index (χ0n) is 18.7. The highest BCUT2D eigenvalue weighted by molar-refractivity contribution is 5.72. The summed E-state index contributed by atoms with van der Waals surface area (Å²) in [6.07, 6.45) is 5.00. The summed E-state index contributed by atoms with van der Waals surface area (Å²) in [7, 11) is 1.26. The first-order chi connectivity index (χ1) is 16.3. The summed E-state index contributed by atoms with van der Waals surface area (Å²) in [6.45, 7) is 1.95. The van der Waals surface area contributed by atoms with E-state index in [9.17, 15) is 24.9 Å². The molecule has 0 saturated carbocycles. The highest BCUT2D eigenvalue weighted by Crippen LogP contribution is 2.34. The normalized spacial score (nSPS) is 12.1. The molecule has 3 aromatic heterocycles. The van der Waals surface area contributed by atoms with Crippen LogP contribution in [-0.2, 0) is 22.5 Å². The summed E-state index contributed by atoms with van der Waals surface area (Å²) in [5.74, 6) is -2.09. The third-order valence-corrected chi connectivity index (χ3v) is 5.82. The van der Waals surface area contributed by atoms with Crippen LogP contribution in [0.25, 0.3) is 5.65 Å². The zero-order valence-corrected chi connectivity index (χ0v) is 18.7. The molecule has 0 amide bonds. The third kappa shape index (κ3) is 4.29. The molecule has 0 spiro atoms. The zero-order chi connectivity index (χ0) is 24.4. The molecular weight excluding hydrogens is 440 g/mol. The Morgan fingerprint density at radius 2 is 1.94 bits per heavy atom. The molecule has 10 nitrogen and oxygen atoms in total. The number of carbonyl (C=O) groups excluding carboxylic acids is 1. The fourth-order valence-corrected chi connectivity index (χ4v) is 4.05. The van der Waals surface area contributed by atoms with Crippen molar-refractivity contribution in [2.24, 2.45) is 0 Å². The molecule has 0 fully saturated rings. The molecule has 10 heteroatoms. The lowest BCUT2D eigenvalue weighted by Crippen LogP contribution is -2.29. The van der Waals surface area contributed by atoms with Gasteiger partial charge in [-0.25, -0.2) is 9.50 Å². The molecule has 0 aliphatic rings. The van der Waals surface area contributed by atoms with E-state index in [1.807, 2.05) is 0 Å². The summed E-state index contributed by atoms with van der Waals surface area (Å²) in [6, 6.07) is 7.65. The smallest absolute Gasteiger partial charge is 0.306 e. The molecule has 0 radical (unpaired) electrons. The van der Waals surface area contributed by atoms with Crippen LogP contribution in [0, 0.1) is 6.92 Å². The summed E-state index contributed by atoms with van der Waals surface area (Å²) >= 11 is 0. The van der Waals surface area contributed by atoms with Crippen LogP contribution in [0.1, 0.15) is 34.7 Å². The number of esters is 1. The van der Waals surface area contributed by atoms with Crippen molar-refractivity contribution in [1.82, 2.24) is 19.2 Å². The maximum absolute atomic E-state index is 13.6. The third-order valence-electron chi connectivity index (χ3n) is 5.82. The standard InChI is InChI=1S/C24H24N4O6/c1-14-10-20(31)22(24(33)27(14)9-6-15-4-5-18(29)19(30)11-15)16(12-21(32)34-2)17-13-26-28-8-3-7-25-23(17)28/h3-5,7-8,10-11,13,16,29-31H,6,9,12H2,1-2H3/t16-/m1/s1. The molecule has 176 valence electrons. The maximum Gasteiger partial charge on any atom is 0.306 e. The van der Waals surface area contributed by atoms with Gasteiger partial charge in [-0.1, -0.05) is 6.07 Å². The summed E-state index contributed by atoms with van der Waals surface area (Å²) < 4.78 is 7.88. The summed E-state index contributed by atoms with van der Waals surface area (Å²) in [5, 5.41) is 34.3. The van der Waals surface area contributed by atoms with Gasteiger partial charge in [0, 0.05) is 36.1 Å². The van der Waals surface area contributed by atoms with Crippen molar-refractivity contribution in [3.63, 3.8) is 0 Å². The number of fused-ring (bicyclic) bond motifs is 1. The van der Waals surface area contributed by atoms with E-state index in [1.54, 1.807) is 31.5 Å². The van der Waals surface area contributed by atoms with E-state index >= 15 is 0 Å². The summed E-state index contributed by atoms with van der Waals surface area (Å²) in [5.41, 5.74) is 1.81. The van der Waals surface area contributed by atoms with E-state index in [0.717, 1.165) is 0 Å². The van der Waals surface area contributed by atoms with Crippen molar-refractivity contribution < 1.29 is 24.9 Å². The van der Waals surface area contributed by atoms with Crippen LogP contribution in [0.15, 0.2) is 53.7 Å². The van der Waals surface area contributed by atoms with Crippen LogP contribution in [0.2, 0.25) is 0 Å². The highest BCUT2D eigenvalue weighted by Gasteiger charge is 2.29. The van der Waals surface area contributed by atoms with Crippen molar-refractivity contribution in [3.8, 4) is 17.2 Å². The Labute approximate surface area is 194 Å². The number of hydrogen-bond acceptors (Lipinski definition) is 8. The van der Waals surface area contributed by atoms with Gasteiger partial charge in [0.05, 0.1) is 25.3 Å². The number of rotatable bonds is 7. The van der Waals surface area contributed by atoms with Gasteiger partial charge in [-0.3, -0.25) is 9.59 Å². The van der Waals surface area contributed by atoms with E-state index in [-0.39, 0.29) is 35.8 Å². The Kier molecular flexibility index (Phi) is 6.22. The number of pyridine rings is 1. The molecule has 34 heavy (non-hydrogen) atoms. The molecule has 3 N–H and O–H groups in total. The van der Waals surface area contributed by atoms with Crippen LogP contribution >= 0.6 is 0 Å². The summed E-state index contributed by atoms with van der Waals surface area (Å²) in [4.78, 5) is 30.2. The molecule has 0 saturated heterocycles. The van der Waals surface area contributed by atoms with Gasteiger partial charge in [-0.2, -0.15) is 5.10 Å². The second-order valence-corrected chi connectivity index (χ2v) is 7.94. The quantitative estimate of drug-likeness (QED) is 0.280. The van der Waals surface area contributed by atoms with Gasteiger partial charge in [-0.15, -0.1) is 0 Å². The first-order valence-corrected chi connectivity index (χ1v) is 10.6. The Bertz CT molecular complexity index is 1420. The minimum absolute atomic E-state index is 0.0464. The number of methoxy groups -OCH3 is 1. The number of phenols is 2. The Balaban J connectivity index is 1.79. The molecule has 0 aliphatic heterocycles. The van der Waals surface area contributed by atoms with Crippen molar-refractivity contribution >= 4 is 11.6 Å². The number of phenolic OH excluding ortho intramolecular Hbond substituents is 2. The predicted octanol–water partition coefficient (Wildman–Crippen LogP) is 2.25. The number of aromatic nitrogens is 4. The van der Waals surface area contributed by atoms with Crippen molar-refractivity contribution in [2.45, 2.75) is 32.2 Å². The van der Waals surface area contributed by atoms with Gasteiger partial charge >= 0.3 is 5.97 Å². The van der Waals surface area contributed by atoms with Crippen molar-refractivity contribution in [3.05, 3.63) is 81.7 Å². The molecule has 1 atom stereocenters. The minimum atomic E-state index is -0.836. The molecule has 3 heterocycles. The van der Waals surface area contributed by atoms with Crippen molar-refractivity contribution in [1.29, 1.82) is 0 Å². The maximum atomic E-state index is 13.6. The first-order valence-electron chi connectivity index (χ1n) is 10.6. The van der Waals surface area contributed by atoms with Crippen LogP contribution < -0.4 is 5.56 Å². The Morgan fingerprint density at radius 3 is 2.68 bits per heavy atom. The molecule has 4 aromatic rings. The van der Waals surface area contributed by atoms with Crippen LogP contribution in [0.4, 0.5) is 0 Å². The Hall–Kier alpha value is -4.34. The topological polar surface area (TPSA) is 139 Å². The minimum Gasteiger partial charge on any atom is -0.507 e. The van der Waals surface area contributed by atoms with Gasteiger partial charge in [0.25, 0.3) is 5.56 Å². The van der Waals surface area contributed by atoms with E-state index in [0.29, 0.717) is 28.9 Å². The first kappa shape index (κ1) is 22.8. The molecule has 0 unspecified atom stereocenters. The number of benzene rings is 1. The SMILES string of the molecule is COC(=O)C[C@@H](c1c(O)cc(C)n(CCc2ccc(O)c(O)c2)c1=O)c1cnn2cccnc12. The highest BCUT2D eigenvalue weighted by atomic mass is 16.5. The number of carbonyl (C=O) groups is 1. The van der Waals surface area contributed by atoms with E-state index in [2.05, 4.69) is 10.1 Å². The van der Waals surface area contributed by atoms with Gasteiger partial charge in [0.2, 0.25) is 0 Å². The second-order valence-electron chi connectivity index (χ2n) is 7.94. The number of aromatic hydroxyl groups is 3. The average Bonchev–Trinajstić information content (AvgIpc) is 3.24. The van der Waals surface area contributed by atoms with Gasteiger partial charge in [0.1, 0.15) is 5.75 Å². The number of hydrogen-bond donors (Lipinski definition) is 3. The van der Waals surface area contributed by atoms with Gasteiger partial charge in [0.15, 0.2) is 17.1 Å². The van der Waals surface area contributed by atoms with E-state index in [1.165, 1.54) is 40.6 Å². The number of nitrogens with zero attached hydrogens (tertiary/aromatic N) is 4. The number of ether oxygens (including phenoxy) is 1. The largest absolute Gasteiger partial charge is 0.507 e. The fraction of sp³-hybridized carbons (Fsp3) is 0.250. The number of aryl methyl sites for hydroxylation is 2. The van der Waals surface area contributed by atoms with Gasteiger partial charge in [-0.05, 0) is 43.2 Å². The van der Waals surface area contributed by atoms with E-state index in [4.69, 9.17) is 4.74 Å². The van der Waals surface area contributed by atoms with Crippen LogP contribution in [0.5, 0.6) is 17.2 Å². The predicted molar refractivity (Wildman–Crippen MR) is 122 cm³/mol. The molecular formula is C24H24N4O6. The van der Waals surface area contributed by atoms with Crippen LogP contribution in [0.3, 0.4) is 0 Å². The van der Waals surface area contributed by atoms with Crippen LogP contribution in [-0.4, -0.2) is 47.6 Å². The van der Waals surface area contributed by atoms with E-state index < -0.39 is 17.4 Å². The molecule has 1 aromatic carbocycles. The lowest BCUT2D eigenvalue weighted by atomic mass is 9.89. The molecule has 0 bridgehead atoms. The average molecular weight is 464 g/mol. The lowest BCUT2D eigenvalue weighted by Gasteiger charge is -2.19. The molecule has 0 aliphatic carbocycles. The second kappa shape index (κ2) is 9.26. The molecule has 4 rings (SSSR count). The van der Waals surface area contributed by atoms with Gasteiger partial charge < -0.3 is 24.6 Å². The lowest BCUT2D eigenvalue weighted by molar-refractivity contribution is -0.140. The fourth-order valence-electron chi connectivity index (χ4n) is 4.05. The monoisotopic (exact) mass is 464 g/mol.